The second-order valence-electron chi connectivity index (χ2n) is 4.84. The summed E-state index contributed by atoms with van der Waals surface area (Å²) in [5, 5.41) is 0. The molecule has 0 spiro atoms. The number of hydrogen-bond donors (Lipinski definition) is 1. The van der Waals surface area contributed by atoms with Crippen LogP contribution in [0.1, 0.15) is 43.2 Å². The average Bonchev–Trinajstić information content (AvgIpc) is 2.42. The molecule has 1 aliphatic heterocycles. The monoisotopic (exact) mass is 233 g/mol. The lowest BCUT2D eigenvalue weighted by atomic mass is 9.88. The summed E-state index contributed by atoms with van der Waals surface area (Å²) >= 11 is 0. The fourth-order valence-electron chi connectivity index (χ4n) is 2.59. The number of benzene rings is 1. The number of rotatable bonds is 4. The quantitative estimate of drug-likeness (QED) is 0.868. The second-order valence-corrected chi connectivity index (χ2v) is 4.84. The van der Waals surface area contributed by atoms with Crippen molar-refractivity contribution in [3.05, 3.63) is 35.4 Å². The number of nitrogens with two attached hydrogens (primary N) is 1. The maximum absolute atomic E-state index is 5.93. The number of ether oxygens (including phenoxy) is 1. The van der Waals surface area contributed by atoms with E-state index >= 15 is 0 Å². The predicted octanol–water partition coefficient (Wildman–Crippen LogP) is 2.86. The van der Waals surface area contributed by atoms with Crippen molar-refractivity contribution in [1.82, 2.24) is 0 Å². The molecule has 0 aromatic heterocycles. The van der Waals surface area contributed by atoms with Gasteiger partial charge in [0.25, 0.3) is 0 Å². The van der Waals surface area contributed by atoms with Crippen LogP contribution in [-0.4, -0.2) is 19.3 Å². The largest absolute Gasteiger partial charge is 0.378 e. The minimum Gasteiger partial charge on any atom is -0.378 e. The molecule has 1 aromatic carbocycles. The predicted molar refractivity (Wildman–Crippen MR) is 71.2 cm³/mol. The van der Waals surface area contributed by atoms with Gasteiger partial charge in [0, 0.05) is 19.1 Å². The maximum atomic E-state index is 5.93. The Balaban J connectivity index is 2.10. The molecule has 2 N–H and O–H groups in total. The molecule has 2 rings (SSSR count). The van der Waals surface area contributed by atoms with Gasteiger partial charge in [0.05, 0.1) is 6.10 Å². The van der Waals surface area contributed by atoms with Crippen LogP contribution in [0.4, 0.5) is 0 Å². The lowest BCUT2D eigenvalue weighted by molar-refractivity contribution is 0.000579. The van der Waals surface area contributed by atoms with Crippen molar-refractivity contribution < 1.29 is 4.74 Å². The van der Waals surface area contributed by atoms with E-state index in [0.717, 1.165) is 19.4 Å². The van der Waals surface area contributed by atoms with Crippen molar-refractivity contribution in [2.24, 2.45) is 5.73 Å². The summed E-state index contributed by atoms with van der Waals surface area (Å²) in [6.07, 6.45) is 5.03. The van der Waals surface area contributed by atoms with E-state index in [2.05, 4.69) is 31.2 Å². The molecule has 94 valence electrons. The molecule has 17 heavy (non-hydrogen) atoms. The van der Waals surface area contributed by atoms with Gasteiger partial charge >= 0.3 is 0 Å². The van der Waals surface area contributed by atoms with Crippen molar-refractivity contribution in [3.8, 4) is 0 Å². The summed E-state index contributed by atoms with van der Waals surface area (Å²) in [5.74, 6) is 0.362. The molecular formula is C15H23NO. The van der Waals surface area contributed by atoms with Crippen LogP contribution in [0.5, 0.6) is 0 Å². The standard InChI is InChI=1S/C15H23NO/c1-2-12-6-8-13(9-7-12)14(11-16)15-5-3-4-10-17-15/h6-9,14-15H,2-5,10-11,16H2,1H3. The molecule has 1 heterocycles. The topological polar surface area (TPSA) is 35.2 Å². The lowest BCUT2D eigenvalue weighted by Gasteiger charge is -2.30. The van der Waals surface area contributed by atoms with Crippen LogP contribution in [0.2, 0.25) is 0 Å². The molecule has 1 aromatic rings. The summed E-state index contributed by atoms with van der Waals surface area (Å²) in [7, 11) is 0. The first-order valence-electron chi connectivity index (χ1n) is 6.75. The Kier molecular flexibility index (Phi) is 4.57. The zero-order valence-corrected chi connectivity index (χ0v) is 10.7. The van der Waals surface area contributed by atoms with Gasteiger partial charge in [0.2, 0.25) is 0 Å². The minimum absolute atomic E-state index is 0.321. The Morgan fingerprint density at radius 3 is 2.59 bits per heavy atom. The van der Waals surface area contributed by atoms with E-state index in [1.54, 1.807) is 0 Å². The average molecular weight is 233 g/mol. The van der Waals surface area contributed by atoms with E-state index in [0.29, 0.717) is 18.6 Å². The van der Waals surface area contributed by atoms with Gasteiger partial charge in [-0.2, -0.15) is 0 Å². The van der Waals surface area contributed by atoms with Gasteiger partial charge < -0.3 is 10.5 Å². The first-order chi connectivity index (χ1) is 8.35. The Morgan fingerprint density at radius 2 is 2.06 bits per heavy atom. The zero-order chi connectivity index (χ0) is 12.1. The van der Waals surface area contributed by atoms with E-state index < -0.39 is 0 Å². The number of hydrogen-bond acceptors (Lipinski definition) is 2. The van der Waals surface area contributed by atoms with Crippen LogP contribution in [0.15, 0.2) is 24.3 Å². The van der Waals surface area contributed by atoms with Crippen molar-refractivity contribution in [2.75, 3.05) is 13.2 Å². The van der Waals surface area contributed by atoms with E-state index in [4.69, 9.17) is 10.5 Å². The molecule has 2 nitrogen and oxygen atoms in total. The third-order valence-corrected chi connectivity index (χ3v) is 3.73. The van der Waals surface area contributed by atoms with Crippen molar-refractivity contribution in [2.45, 2.75) is 44.6 Å². The van der Waals surface area contributed by atoms with Crippen LogP contribution < -0.4 is 5.73 Å². The highest BCUT2D eigenvalue weighted by molar-refractivity contribution is 5.26. The molecule has 2 atom stereocenters. The van der Waals surface area contributed by atoms with Crippen LogP contribution in [0.3, 0.4) is 0 Å². The Labute approximate surface area is 104 Å². The van der Waals surface area contributed by atoms with Gasteiger partial charge in [-0.3, -0.25) is 0 Å². The first-order valence-corrected chi connectivity index (χ1v) is 6.75. The highest BCUT2D eigenvalue weighted by atomic mass is 16.5. The van der Waals surface area contributed by atoms with Gasteiger partial charge in [-0.1, -0.05) is 31.2 Å². The van der Waals surface area contributed by atoms with Crippen molar-refractivity contribution >= 4 is 0 Å². The van der Waals surface area contributed by atoms with Gasteiger partial charge in [-0.15, -0.1) is 0 Å². The highest BCUT2D eigenvalue weighted by Crippen LogP contribution is 2.27. The van der Waals surface area contributed by atoms with Gasteiger partial charge in [-0.25, -0.2) is 0 Å². The summed E-state index contributed by atoms with van der Waals surface area (Å²) in [5.41, 5.74) is 8.64. The van der Waals surface area contributed by atoms with Crippen LogP contribution in [0.25, 0.3) is 0 Å². The fourth-order valence-corrected chi connectivity index (χ4v) is 2.59. The van der Waals surface area contributed by atoms with E-state index in [9.17, 15) is 0 Å². The van der Waals surface area contributed by atoms with Crippen molar-refractivity contribution in [3.63, 3.8) is 0 Å². The van der Waals surface area contributed by atoms with Crippen molar-refractivity contribution in [1.29, 1.82) is 0 Å². The molecule has 1 saturated heterocycles. The second kappa shape index (κ2) is 6.18. The molecule has 2 unspecified atom stereocenters. The SMILES string of the molecule is CCc1ccc(C(CN)C2CCCCO2)cc1. The summed E-state index contributed by atoms with van der Waals surface area (Å²) in [4.78, 5) is 0. The highest BCUT2D eigenvalue weighted by Gasteiger charge is 2.24. The molecule has 1 aliphatic rings. The van der Waals surface area contributed by atoms with Crippen LogP contribution in [0, 0.1) is 0 Å². The summed E-state index contributed by atoms with van der Waals surface area (Å²) in [6.45, 7) is 3.75. The molecule has 0 bridgehead atoms. The smallest absolute Gasteiger partial charge is 0.0655 e. The maximum Gasteiger partial charge on any atom is 0.0655 e. The minimum atomic E-state index is 0.321. The molecule has 0 saturated carbocycles. The molecule has 0 aliphatic carbocycles. The van der Waals surface area contributed by atoms with E-state index in [1.165, 1.54) is 24.0 Å². The van der Waals surface area contributed by atoms with Gasteiger partial charge in [-0.05, 0) is 36.8 Å². The van der Waals surface area contributed by atoms with Crippen LogP contribution >= 0.6 is 0 Å². The van der Waals surface area contributed by atoms with E-state index in [1.807, 2.05) is 0 Å². The molecule has 0 radical (unpaired) electrons. The Bertz CT molecular complexity index is 327. The van der Waals surface area contributed by atoms with Gasteiger partial charge in [0.15, 0.2) is 0 Å². The molecule has 0 amide bonds. The fraction of sp³-hybridized carbons (Fsp3) is 0.600. The molecular weight excluding hydrogens is 210 g/mol. The number of aryl methyl sites for hydroxylation is 1. The van der Waals surface area contributed by atoms with Gasteiger partial charge in [0.1, 0.15) is 0 Å². The Morgan fingerprint density at radius 1 is 1.29 bits per heavy atom. The third-order valence-electron chi connectivity index (χ3n) is 3.73. The molecule has 2 heteroatoms. The normalized spacial score (nSPS) is 22.4. The zero-order valence-electron chi connectivity index (χ0n) is 10.7. The Hall–Kier alpha value is -0.860. The molecule has 1 fully saturated rings. The lowest BCUT2D eigenvalue weighted by Crippen LogP contribution is -2.31. The van der Waals surface area contributed by atoms with E-state index in [-0.39, 0.29) is 0 Å². The first kappa shape index (κ1) is 12.6. The van der Waals surface area contributed by atoms with Crippen LogP contribution in [-0.2, 0) is 11.2 Å². The summed E-state index contributed by atoms with van der Waals surface area (Å²) < 4.78 is 5.86. The summed E-state index contributed by atoms with van der Waals surface area (Å²) in [6, 6.07) is 8.85. The third kappa shape index (κ3) is 3.08.